The molecule has 2 heterocycles. The van der Waals surface area contributed by atoms with Crippen LogP contribution in [0.15, 0.2) is 59.4 Å². The van der Waals surface area contributed by atoms with Gasteiger partial charge in [-0.3, -0.25) is 0 Å². The van der Waals surface area contributed by atoms with E-state index >= 15 is 0 Å². The Balaban J connectivity index is 0.000000321. The van der Waals surface area contributed by atoms with Crippen molar-refractivity contribution in [2.24, 2.45) is 0 Å². The molecule has 0 saturated carbocycles. The highest BCUT2D eigenvalue weighted by Gasteiger charge is 2.05. The van der Waals surface area contributed by atoms with Crippen LogP contribution in [0.3, 0.4) is 0 Å². The summed E-state index contributed by atoms with van der Waals surface area (Å²) in [5.74, 6) is -2.71. The molecule has 0 amide bonds. The summed E-state index contributed by atoms with van der Waals surface area (Å²) in [6, 6.07) is 8.73. The molecular formula is C20H19BrFN3O4. The van der Waals surface area contributed by atoms with Gasteiger partial charge in [-0.25, -0.2) is 19.0 Å². The van der Waals surface area contributed by atoms with E-state index in [-0.39, 0.29) is 5.82 Å². The number of fused-ring (bicyclic) bond motifs is 1. The molecule has 1 aromatic carbocycles. The van der Waals surface area contributed by atoms with E-state index in [0.29, 0.717) is 18.7 Å². The van der Waals surface area contributed by atoms with Crippen LogP contribution in [0.25, 0.3) is 11.0 Å². The smallest absolute Gasteiger partial charge is 0.328 e. The van der Waals surface area contributed by atoms with Gasteiger partial charge in [0.15, 0.2) is 0 Å². The average Bonchev–Trinajstić information content (AvgIpc) is 3.06. The summed E-state index contributed by atoms with van der Waals surface area (Å²) in [7, 11) is 0. The molecule has 29 heavy (non-hydrogen) atoms. The van der Waals surface area contributed by atoms with Crippen molar-refractivity contribution in [2.45, 2.75) is 13.0 Å². The number of carboxylic acid groups (broad SMARTS) is 2. The zero-order valence-electron chi connectivity index (χ0n) is 15.2. The van der Waals surface area contributed by atoms with E-state index in [4.69, 9.17) is 10.2 Å². The van der Waals surface area contributed by atoms with Crippen molar-refractivity contribution in [1.82, 2.24) is 15.3 Å². The third kappa shape index (κ3) is 7.84. The van der Waals surface area contributed by atoms with Gasteiger partial charge in [-0.2, -0.15) is 0 Å². The fourth-order valence-electron chi connectivity index (χ4n) is 2.48. The van der Waals surface area contributed by atoms with Gasteiger partial charge in [0.25, 0.3) is 0 Å². The number of carbonyl (C=O) groups is 2. The lowest BCUT2D eigenvalue weighted by Gasteiger charge is -2.05. The Morgan fingerprint density at radius 3 is 2.59 bits per heavy atom. The van der Waals surface area contributed by atoms with E-state index in [9.17, 15) is 14.0 Å². The van der Waals surface area contributed by atoms with Crippen LogP contribution in [0, 0.1) is 5.82 Å². The Bertz CT molecular complexity index is 1000. The van der Waals surface area contributed by atoms with Crippen LogP contribution in [0.2, 0.25) is 0 Å². The maximum atomic E-state index is 13.1. The molecule has 0 aliphatic heterocycles. The van der Waals surface area contributed by atoms with Gasteiger partial charge in [0.2, 0.25) is 0 Å². The number of nitrogens with zero attached hydrogens (tertiary/aromatic N) is 1. The fraction of sp³-hybridized carbons (Fsp3) is 0.150. The van der Waals surface area contributed by atoms with Gasteiger partial charge >= 0.3 is 11.9 Å². The first kappa shape index (κ1) is 22.3. The normalized spacial score (nSPS) is 10.7. The van der Waals surface area contributed by atoms with Gasteiger partial charge in [0.1, 0.15) is 11.5 Å². The summed E-state index contributed by atoms with van der Waals surface area (Å²) < 4.78 is 14.0. The molecule has 0 unspecified atom stereocenters. The molecule has 152 valence electrons. The van der Waals surface area contributed by atoms with Crippen molar-refractivity contribution in [1.29, 1.82) is 0 Å². The number of aromatic amines is 1. The van der Waals surface area contributed by atoms with Crippen LogP contribution in [0.1, 0.15) is 11.1 Å². The van der Waals surface area contributed by atoms with Crippen molar-refractivity contribution in [3.05, 3.63) is 76.3 Å². The molecule has 9 heteroatoms. The number of benzene rings is 1. The fourth-order valence-corrected chi connectivity index (χ4v) is 2.82. The number of aliphatic carboxylic acids is 2. The highest BCUT2D eigenvalue weighted by Crippen LogP contribution is 2.20. The standard InChI is InChI=1S/C16H15BrFN3.C4H4O4/c17-13-7-15-12(9-20-16(15)21-10-13)4-5-19-8-11-2-1-3-14(18)6-11;5-3(6)1-2-4(7)8/h1-3,6-7,9-10,19H,4-5,8H2,(H,20,21);1-2H,(H,5,6)(H,7,8)/b;2-1+. The molecule has 0 radical (unpaired) electrons. The van der Waals surface area contributed by atoms with Crippen molar-refractivity contribution < 1.29 is 24.2 Å². The highest BCUT2D eigenvalue weighted by molar-refractivity contribution is 9.10. The molecular weight excluding hydrogens is 445 g/mol. The van der Waals surface area contributed by atoms with E-state index in [1.165, 1.54) is 11.6 Å². The van der Waals surface area contributed by atoms with Crippen LogP contribution >= 0.6 is 15.9 Å². The molecule has 0 atom stereocenters. The number of hydrogen-bond acceptors (Lipinski definition) is 4. The largest absolute Gasteiger partial charge is 0.478 e. The Morgan fingerprint density at radius 1 is 1.21 bits per heavy atom. The summed E-state index contributed by atoms with van der Waals surface area (Å²) in [6.07, 6.45) is 5.79. The molecule has 0 fully saturated rings. The predicted molar refractivity (Wildman–Crippen MR) is 110 cm³/mol. The molecule has 3 rings (SSSR count). The second-order valence-corrected chi connectivity index (χ2v) is 6.85. The number of pyridine rings is 1. The lowest BCUT2D eigenvalue weighted by Crippen LogP contribution is -2.16. The van der Waals surface area contributed by atoms with Gasteiger partial charge in [-0.1, -0.05) is 12.1 Å². The SMILES string of the molecule is Fc1cccc(CNCCc2c[nH]c3ncc(Br)cc23)c1.O=C(O)/C=C/C(=O)O. The van der Waals surface area contributed by atoms with Crippen LogP contribution in [-0.4, -0.2) is 38.7 Å². The molecule has 2 aromatic heterocycles. The molecule has 0 bridgehead atoms. The zero-order chi connectivity index (χ0) is 21.2. The topological polar surface area (TPSA) is 115 Å². The predicted octanol–water partition coefficient (Wildman–Crippen LogP) is 3.51. The Labute approximate surface area is 174 Å². The molecule has 3 aromatic rings. The Morgan fingerprint density at radius 2 is 1.93 bits per heavy atom. The average molecular weight is 464 g/mol. The number of nitrogens with one attached hydrogen (secondary N) is 2. The first-order chi connectivity index (χ1) is 13.8. The molecule has 0 spiro atoms. The van der Waals surface area contributed by atoms with E-state index in [1.807, 2.05) is 12.3 Å². The van der Waals surface area contributed by atoms with Crippen LogP contribution in [0.5, 0.6) is 0 Å². The van der Waals surface area contributed by atoms with E-state index in [0.717, 1.165) is 34.0 Å². The lowest BCUT2D eigenvalue weighted by atomic mass is 10.1. The minimum absolute atomic E-state index is 0.193. The van der Waals surface area contributed by atoms with E-state index < -0.39 is 11.9 Å². The zero-order valence-corrected chi connectivity index (χ0v) is 16.8. The summed E-state index contributed by atoms with van der Waals surface area (Å²) >= 11 is 3.44. The van der Waals surface area contributed by atoms with Gasteiger partial charge in [-0.15, -0.1) is 0 Å². The number of halogens is 2. The number of aromatic nitrogens is 2. The Kier molecular flexibility index (Phi) is 8.50. The van der Waals surface area contributed by atoms with Crippen molar-refractivity contribution in [3.63, 3.8) is 0 Å². The second kappa shape index (κ2) is 11.1. The second-order valence-electron chi connectivity index (χ2n) is 5.93. The summed E-state index contributed by atoms with van der Waals surface area (Å²) in [5.41, 5.74) is 3.09. The molecule has 0 saturated heterocycles. The van der Waals surface area contributed by atoms with Gasteiger partial charge < -0.3 is 20.5 Å². The van der Waals surface area contributed by atoms with Gasteiger partial charge in [-0.05, 0) is 58.2 Å². The third-order valence-corrected chi connectivity index (χ3v) is 4.17. The van der Waals surface area contributed by atoms with Gasteiger partial charge in [0, 0.05) is 40.9 Å². The number of rotatable bonds is 7. The number of carboxylic acids is 2. The van der Waals surface area contributed by atoms with E-state index in [1.54, 1.807) is 18.3 Å². The maximum absolute atomic E-state index is 13.1. The number of H-pyrrole nitrogens is 1. The van der Waals surface area contributed by atoms with Crippen LogP contribution in [0.4, 0.5) is 4.39 Å². The molecule has 0 aliphatic carbocycles. The number of hydrogen-bond donors (Lipinski definition) is 4. The molecule has 7 nitrogen and oxygen atoms in total. The minimum atomic E-state index is -1.26. The molecule has 4 N–H and O–H groups in total. The van der Waals surface area contributed by atoms with Crippen LogP contribution < -0.4 is 5.32 Å². The quantitative estimate of drug-likeness (QED) is 0.314. The van der Waals surface area contributed by atoms with E-state index in [2.05, 4.69) is 37.3 Å². The van der Waals surface area contributed by atoms with Gasteiger partial charge in [0.05, 0.1) is 0 Å². The Hall–Kier alpha value is -3.04. The minimum Gasteiger partial charge on any atom is -0.478 e. The third-order valence-electron chi connectivity index (χ3n) is 3.74. The first-order valence-electron chi connectivity index (χ1n) is 8.55. The molecule has 0 aliphatic rings. The lowest BCUT2D eigenvalue weighted by molar-refractivity contribution is -0.134. The summed E-state index contributed by atoms with van der Waals surface area (Å²) in [5, 5.41) is 20.1. The first-order valence-corrected chi connectivity index (χ1v) is 9.35. The van der Waals surface area contributed by atoms with Crippen molar-refractivity contribution in [2.75, 3.05) is 6.54 Å². The summed E-state index contributed by atoms with van der Waals surface area (Å²) in [4.78, 5) is 26.6. The van der Waals surface area contributed by atoms with Crippen molar-refractivity contribution in [3.8, 4) is 0 Å². The highest BCUT2D eigenvalue weighted by atomic mass is 79.9. The maximum Gasteiger partial charge on any atom is 0.328 e. The van der Waals surface area contributed by atoms with Crippen LogP contribution in [-0.2, 0) is 22.6 Å². The summed E-state index contributed by atoms with van der Waals surface area (Å²) in [6.45, 7) is 1.50. The monoisotopic (exact) mass is 463 g/mol. The van der Waals surface area contributed by atoms with Crippen molar-refractivity contribution >= 4 is 38.9 Å².